The molecule has 1 aromatic heterocycles. The van der Waals surface area contributed by atoms with E-state index in [1.165, 1.54) is 6.33 Å². The van der Waals surface area contributed by atoms with Crippen molar-refractivity contribution in [3.8, 4) is 0 Å². The molecule has 0 aliphatic carbocycles. The van der Waals surface area contributed by atoms with Crippen LogP contribution < -0.4 is 5.32 Å². The lowest BCUT2D eigenvalue weighted by atomic mass is 10.1. The fourth-order valence-electron chi connectivity index (χ4n) is 2.56. The van der Waals surface area contributed by atoms with Gasteiger partial charge < -0.3 is 19.7 Å². The van der Waals surface area contributed by atoms with Crippen LogP contribution >= 0.6 is 0 Å². The number of amides is 1. The first kappa shape index (κ1) is 18.4. The zero-order valence-electron chi connectivity index (χ0n) is 15.0. The van der Waals surface area contributed by atoms with E-state index in [1.54, 1.807) is 4.90 Å². The van der Waals surface area contributed by atoms with Gasteiger partial charge in [-0.3, -0.25) is 0 Å². The van der Waals surface area contributed by atoms with Gasteiger partial charge in [-0.2, -0.15) is 0 Å². The second-order valence-corrected chi connectivity index (χ2v) is 6.94. The maximum atomic E-state index is 12.2. The second-order valence-electron chi connectivity index (χ2n) is 6.94. The number of hydrogen-bond acceptors (Lipinski definition) is 6. The Hall–Kier alpha value is -1.89. The summed E-state index contributed by atoms with van der Waals surface area (Å²) < 4.78 is 10.8. The molecule has 24 heavy (non-hydrogen) atoms. The van der Waals surface area contributed by atoms with E-state index in [2.05, 4.69) is 15.3 Å². The first-order valence-electron chi connectivity index (χ1n) is 8.50. The average molecular weight is 336 g/mol. The molecule has 0 saturated carbocycles. The lowest BCUT2D eigenvalue weighted by Crippen LogP contribution is -2.47. The Morgan fingerprint density at radius 1 is 1.42 bits per heavy atom. The minimum absolute atomic E-state index is 0.154. The quantitative estimate of drug-likeness (QED) is 0.891. The Morgan fingerprint density at radius 3 is 2.92 bits per heavy atom. The highest BCUT2D eigenvalue weighted by Crippen LogP contribution is 2.18. The molecule has 0 radical (unpaired) electrons. The van der Waals surface area contributed by atoms with Crippen LogP contribution in [0.5, 0.6) is 0 Å². The zero-order valence-corrected chi connectivity index (χ0v) is 15.0. The third-order valence-corrected chi connectivity index (χ3v) is 3.60. The van der Waals surface area contributed by atoms with Crippen LogP contribution in [0.25, 0.3) is 0 Å². The molecule has 1 amide bonds. The number of ether oxygens (including phenoxy) is 2. The predicted molar refractivity (Wildman–Crippen MR) is 91.8 cm³/mol. The molecule has 0 bridgehead atoms. The van der Waals surface area contributed by atoms with Crippen molar-refractivity contribution in [1.82, 2.24) is 14.9 Å². The number of nitrogens with one attached hydrogen (secondary N) is 1. The summed E-state index contributed by atoms with van der Waals surface area (Å²) in [5.74, 6) is 0.760. The minimum atomic E-state index is -0.474. The summed E-state index contributed by atoms with van der Waals surface area (Å²) in [5.41, 5.74) is 0.368. The van der Waals surface area contributed by atoms with E-state index in [0.717, 1.165) is 30.9 Å². The Labute approximate surface area is 143 Å². The van der Waals surface area contributed by atoms with Crippen LogP contribution in [0.4, 0.5) is 10.6 Å². The zero-order chi connectivity index (χ0) is 17.6. The SMILES string of the molecule is CCOCc1cc(NC2CCCN(C(=O)OC(C)(C)C)C2)ncn1. The first-order valence-corrected chi connectivity index (χ1v) is 8.50. The number of nitrogens with zero attached hydrogens (tertiary/aromatic N) is 3. The van der Waals surface area contributed by atoms with Gasteiger partial charge in [-0.25, -0.2) is 14.8 Å². The lowest BCUT2D eigenvalue weighted by molar-refractivity contribution is 0.0206. The molecule has 2 heterocycles. The topological polar surface area (TPSA) is 76.6 Å². The number of anilines is 1. The standard InChI is InChI=1S/C17H28N4O3/c1-5-23-11-14-9-15(19-12-18-14)20-13-7-6-8-21(10-13)16(22)24-17(2,3)4/h9,12-13H,5-8,10-11H2,1-4H3,(H,18,19,20). The van der Waals surface area contributed by atoms with Crippen LogP contribution in [0, 0.1) is 0 Å². The fourth-order valence-corrected chi connectivity index (χ4v) is 2.56. The van der Waals surface area contributed by atoms with E-state index in [1.807, 2.05) is 33.8 Å². The second kappa shape index (κ2) is 8.28. The van der Waals surface area contributed by atoms with Crippen LogP contribution in [0.15, 0.2) is 12.4 Å². The Bertz CT molecular complexity index is 545. The van der Waals surface area contributed by atoms with Gasteiger partial charge in [0.1, 0.15) is 17.7 Å². The van der Waals surface area contributed by atoms with Crippen molar-refractivity contribution in [3.05, 3.63) is 18.1 Å². The van der Waals surface area contributed by atoms with Crippen molar-refractivity contribution in [2.75, 3.05) is 25.0 Å². The number of piperidine rings is 1. The molecule has 1 aromatic rings. The predicted octanol–water partition coefficient (Wildman–Crippen LogP) is 2.82. The monoisotopic (exact) mass is 336 g/mol. The molecule has 2 rings (SSSR count). The Kier molecular flexibility index (Phi) is 6.36. The third-order valence-electron chi connectivity index (χ3n) is 3.60. The molecule has 1 atom stereocenters. The molecule has 1 unspecified atom stereocenters. The van der Waals surface area contributed by atoms with E-state index in [-0.39, 0.29) is 12.1 Å². The molecule has 1 N–H and O–H groups in total. The maximum Gasteiger partial charge on any atom is 0.410 e. The normalized spacial score (nSPS) is 18.3. The van der Waals surface area contributed by atoms with Crippen LogP contribution in [0.3, 0.4) is 0 Å². The van der Waals surface area contributed by atoms with Crippen molar-refractivity contribution in [2.45, 2.75) is 58.8 Å². The Balaban J connectivity index is 1.92. The maximum absolute atomic E-state index is 12.2. The number of rotatable bonds is 5. The summed E-state index contributed by atoms with van der Waals surface area (Å²) in [4.78, 5) is 22.4. The molecule has 1 saturated heterocycles. The van der Waals surface area contributed by atoms with Gasteiger partial charge in [-0.05, 0) is 40.5 Å². The van der Waals surface area contributed by atoms with Crippen LogP contribution in [-0.2, 0) is 16.1 Å². The highest BCUT2D eigenvalue weighted by atomic mass is 16.6. The molecule has 0 spiro atoms. The number of carbonyl (C=O) groups is 1. The van der Waals surface area contributed by atoms with Gasteiger partial charge in [-0.1, -0.05) is 0 Å². The average Bonchev–Trinajstić information content (AvgIpc) is 2.52. The van der Waals surface area contributed by atoms with Crippen molar-refractivity contribution >= 4 is 11.9 Å². The summed E-state index contributed by atoms with van der Waals surface area (Å²) in [6.45, 7) is 10.1. The van der Waals surface area contributed by atoms with Crippen molar-refractivity contribution < 1.29 is 14.3 Å². The van der Waals surface area contributed by atoms with Gasteiger partial charge in [0.25, 0.3) is 0 Å². The smallest absolute Gasteiger partial charge is 0.410 e. The molecular formula is C17H28N4O3. The summed E-state index contributed by atoms with van der Waals surface area (Å²) in [5, 5.41) is 3.39. The molecule has 1 aliphatic rings. The highest BCUT2D eigenvalue weighted by Gasteiger charge is 2.27. The molecule has 7 nitrogen and oxygen atoms in total. The fraction of sp³-hybridized carbons (Fsp3) is 0.706. The van der Waals surface area contributed by atoms with E-state index in [9.17, 15) is 4.79 Å². The molecule has 0 aromatic carbocycles. The summed E-state index contributed by atoms with van der Waals surface area (Å²) in [6, 6.07) is 2.04. The molecular weight excluding hydrogens is 308 g/mol. The first-order chi connectivity index (χ1) is 11.4. The van der Waals surface area contributed by atoms with Gasteiger partial charge >= 0.3 is 6.09 Å². The van der Waals surface area contributed by atoms with Crippen LogP contribution in [-0.4, -0.2) is 52.3 Å². The number of hydrogen-bond donors (Lipinski definition) is 1. The molecule has 134 valence electrons. The summed E-state index contributed by atoms with van der Waals surface area (Å²) >= 11 is 0. The van der Waals surface area contributed by atoms with Crippen molar-refractivity contribution in [2.24, 2.45) is 0 Å². The van der Waals surface area contributed by atoms with E-state index in [0.29, 0.717) is 19.8 Å². The number of aromatic nitrogens is 2. The van der Waals surface area contributed by atoms with Gasteiger partial charge in [0.05, 0.1) is 12.3 Å². The van der Waals surface area contributed by atoms with Crippen LogP contribution in [0.1, 0.15) is 46.2 Å². The van der Waals surface area contributed by atoms with Crippen LogP contribution in [0.2, 0.25) is 0 Å². The third kappa shape index (κ3) is 5.96. The van der Waals surface area contributed by atoms with Gasteiger partial charge in [-0.15, -0.1) is 0 Å². The molecule has 1 fully saturated rings. The van der Waals surface area contributed by atoms with E-state index in [4.69, 9.17) is 9.47 Å². The van der Waals surface area contributed by atoms with E-state index < -0.39 is 5.60 Å². The largest absolute Gasteiger partial charge is 0.444 e. The van der Waals surface area contributed by atoms with Gasteiger partial charge in [0, 0.05) is 31.8 Å². The van der Waals surface area contributed by atoms with Gasteiger partial charge in [0.15, 0.2) is 0 Å². The molecule has 1 aliphatic heterocycles. The van der Waals surface area contributed by atoms with Crippen molar-refractivity contribution in [3.63, 3.8) is 0 Å². The van der Waals surface area contributed by atoms with Crippen molar-refractivity contribution in [1.29, 1.82) is 0 Å². The molecule has 7 heteroatoms. The number of likely N-dealkylation sites (tertiary alicyclic amines) is 1. The summed E-state index contributed by atoms with van der Waals surface area (Å²) in [7, 11) is 0. The lowest BCUT2D eigenvalue weighted by Gasteiger charge is -2.34. The minimum Gasteiger partial charge on any atom is -0.444 e. The van der Waals surface area contributed by atoms with Gasteiger partial charge in [0.2, 0.25) is 0 Å². The number of carbonyl (C=O) groups excluding carboxylic acids is 1. The van der Waals surface area contributed by atoms with E-state index >= 15 is 0 Å². The Morgan fingerprint density at radius 2 is 2.21 bits per heavy atom. The summed E-state index contributed by atoms with van der Waals surface area (Å²) in [6.07, 6.45) is 3.21. The highest BCUT2D eigenvalue weighted by molar-refractivity contribution is 5.68.